The predicted octanol–water partition coefficient (Wildman–Crippen LogP) is 1.89. The smallest absolute Gasteiger partial charge is 0.358 e. The van der Waals surface area contributed by atoms with Gasteiger partial charge in [-0.15, -0.1) is 0 Å². The number of carbonyl (C=O) groups excluding carboxylic acids is 2. The van der Waals surface area contributed by atoms with E-state index >= 15 is 0 Å². The summed E-state index contributed by atoms with van der Waals surface area (Å²) >= 11 is 1.19. The molecule has 0 unspecified atom stereocenters. The molecule has 0 amide bonds. The summed E-state index contributed by atoms with van der Waals surface area (Å²) in [6.07, 6.45) is 2.08. The van der Waals surface area contributed by atoms with E-state index in [-0.39, 0.29) is 11.5 Å². The number of Topliss-reactive ketones (excluding diaryl/α,β-unsaturated/α-hetero) is 1. The van der Waals surface area contributed by atoms with E-state index in [0.717, 1.165) is 25.9 Å². The highest BCUT2D eigenvalue weighted by Crippen LogP contribution is 2.24. The van der Waals surface area contributed by atoms with Crippen LogP contribution in [0.4, 0.5) is 5.13 Å². The van der Waals surface area contributed by atoms with Crippen molar-refractivity contribution in [3.8, 4) is 0 Å². The van der Waals surface area contributed by atoms with Crippen molar-refractivity contribution in [3.05, 3.63) is 10.6 Å². The summed E-state index contributed by atoms with van der Waals surface area (Å²) in [6, 6.07) is 0. The average Bonchev–Trinajstić information content (AvgIpc) is 2.81. The second-order valence-corrected chi connectivity index (χ2v) is 5.68. The molecule has 0 aliphatic rings. The topological polar surface area (TPSA) is 71.5 Å². The standard InChI is InChI=1S/C13H21N3O3S/c1-9(17)11-10(12(18)19-4)15-13(20-11)14-7-5-6-8-16(2)3/h5-8H2,1-4H3,(H,14,15). The van der Waals surface area contributed by atoms with Crippen molar-refractivity contribution in [3.63, 3.8) is 0 Å². The second kappa shape index (κ2) is 7.96. The number of carbonyl (C=O) groups is 2. The van der Waals surface area contributed by atoms with Crippen molar-refractivity contribution >= 4 is 28.2 Å². The summed E-state index contributed by atoms with van der Waals surface area (Å²) in [4.78, 5) is 29.6. The van der Waals surface area contributed by atoms with Crippen molar-refractivity contribution in [1.82, 2.24) is 9.88 Å². The fraction of sp³-hybridized carbons (Fsp3) is 0.615. The lowest BCUT2D eigenvalue weighted by molar-refractivity contribution is 0.0591. The number of rotatable bonds is 8. The maximum atomic E-state index is 11.5. The normalized spacial score (nSPS) is 10.7. The summed E-state index contributed by atoms with van der Waals surface area (Å²) < 4.78 is 4.63. The van der Waals surface area contributed by atoms with Gasteiger partial charge in [0.15, 0.2) is 16.6 Å². The molecule has 0 radical (unpaired) electrons. The molecule has 0 fully saturated rings. The summed E-state index contributed by atoms with van der Waals surface area (Å²) in [5.74, 6) is -0.754. The zero-order valence-corrected chi connectivity index (χ0v) is 13.2. The number of aromatic nitrogens is 1. The van der Waals surface area contributed by atoms with Crippen LogP contribution in [0.1, 0.15) is 39.9 Å². The van der Waals surface area contributed by atoms with Crippen LogP contribution in [0.3, 0.4) is 0 Å². The molecule has 0 saturated heterocycles. The first-order valence-corrected chi connectivity index (χ1v) is 7.26. The van der Waals surface area contributed by atoms with Crippen molar-refractivity contribution in [2.75, 3.05) is 39.6 Å². The van der Waals surface area contributed by atoms with Crippen LogP contribution in [0.15, 0.2) is 0 Å². The Morgan fingerprint density at radius 3 is 2.60 bits per heavy atom. The summed E-state index contributed by atoms with van der Waals surface area (Å²) in [5, 5.41) is 3.73. The van der Waals surface area contributed by atoms with E-state index < -0.39 is 5.97 Å². The number of nitrogens with zero attached hydrogens (tertiary/aromatic N) is 2. The Morgan fingerprint density at radius 2 is 2.05 bits per heavy atom. The van der Waals surface area contributed by atoms with Gasteiger partial charge in [-0.05, 0) is 33.5 Å². The zero-order chi connectivity index (χ0) is 15.1. The molecule has 0 saturated carbocycles. The Balaban J connectivity index is 2.59. The summed E-state index contributed by atoms with van der Waals surface area (Å²) in [5.41, 5.74) is 0.0980. The zero-order valence-electron chi connectivity index (χ0n) is 12.4. The van der Waals surface area contributed by atoms with Crippen LogP contribution in [-0.4, -0.2) is 55.9 Å². The fourth-order valence-corrected chi connectivity index (χ4v) is 2.49. The minimum atomic E-state index is -0.577. The Labute approximate surface area is 123 Å². The lowest BCUT2D eigenvalue weighted by atomic mass is 10.3. The molecule has 1 rings (SSSR count). The van der Waals surface area contributed by atoms with Crippen molar-refractivity contribution in [1.29, 1.82) is 0 Å². The van der Waals surface area contributed by atoms with Crippen molar-refractivity contribution in [2.45, 2.75) is 19.8 Å². The third-order valence-electron chi connectivity index (χ3n) is 2.63. The Hall–Kier alpha value is -1.47. The molecule has 0 aromatic carbocycles. The van der Waals surface area contributed by atoms with Gasteiger partial charge in [0.1, 0.15) is 4.88 Å². The number of hydrogen-bond acceptors (Lipinski definition) is 7. The first-order chi connectivity index (χ1) is 9.45. The van der Waals surface area contributed by atoms with Crippen LogP contribution in [0.2, 0.25) is 0 Å². The monoisotopic (exact) mass is 299 g/mol. The lowest BCUT2D eigenvalue weighted by Gasteiger charge is -2.08. The van der Waals surface area contributed by atoms with Crippen LogP contribution in [-0.2, 0) is 4.74 Å². The van der Waals surface area contributed by atoms with E-state index in [1.54, 1.807) is 0 Å². The van der Waals surface area contributed by atoms with Crippen molar-refractivity contribution in [2.24, 2.45) is 0 Å². The van der Waals surface area contributed by atoms with Gasteiger partial charge in [-0.25, -0.2) is 9.78 Å². The number of esters is 1. The molecule has 1 aromatic heterocycles. The molecule has 0 aliphatic carbocycles. The molecule has 1 N–H and O–H groups in total. The van der Waals surface area contributed by atoms with E-state index in [2.05, 4.69) is 19.9 Å². The molecule has 0 spiro atoms. The molecule has 6 nitrogen and oxygen atoms in total. The quantitative estimate of drug-likeness (QED) is 0.449. The molecule has 112 valence electrons. The van der Waals surface area contributed by atoms with Gasteiger partial charge in [-0.2, -0.15) is 0 Å². The molecule has 20 heavy (non-hydrogen) atoms. The number of unbranched alkanes of at least 4 members (excludes halogenated alkanes) is 1. The predicted molar refractivity (Wildman–Crippen MR) is 79.7 cm³/mol. The average molecular weight is 299 g/mol. The SMILES string of the molecule is COC(=O)c1nc(NCCCCN(C)C)sc1C(C)=O. The molecule has 0 atom stereocenters. The number of nitrogens with one attached hydrogen (secondary N) is 1. The molecular formula is C13H21N3O3S. The second-order valence-electron chi connectivity index (χ2n) is 4.68. The van der Waals surface area contributed by atoms with Crippen LogP contribution in [0, 0.1) is 0 Å². The maximum absolute atomic E-state index is 11.5. The fourth-order valence-electron chi connectivity index (χ4n) is 1.62. The Kier molecular flexibility index (Phi) is 6.60. The van der Waals surface area contributed by atoms with Gasteiger partial charge in [-0.1, -0.05) is 11.3 Å². The Bertz CT molecular complexity index is 471. The third-order valence-corrected chi connectivity index (χ3v) is 3.75. The molecular weight excluding hydrogens is 278 g/mol. The molecule has 1 aromatic rings. The third kappa shape index (κ3) is 4.90. The van der Waals surface area contributed by atoms with Crippen molar-refractivity contribution < 1.29 is 14.3 Å². The minimum absolute atomic E-state index is 0.0980. The van der Waals surface area contributed by atoms with Gasteiger partial charge in [0.25, 0.3) is 0 Å². The number of ketones is 1. The number of methoxy groups -OCH3 is 1. The van der Waals surface area contributed by atoms with Crippen LogP contribution < -0.4 is 5.32 Å². The number of thiazole rings is 1. The Morgan fingerprint density at radius 1 is 1.35 bits per heavy atom. The van der Waals surface area contributed by atoms with Gasteiger partial charge in [-0.3, -0.25) is 4.79 Å². The summed E-state index contributed by atoms with van der Waals surface area (Å²) in [7, 11) is 5.35. The van der Waals surface area contributed by atoms with Gasteiger partial charge in [0, 0.05) is 13.5 Å². The van der Waals surface area contributed by atoms with Gasteiger partial charge in [0.05, 0.1) is 7.11 Å². The first-order valence-electron chi connectivity index (χ1n) is 6.44. The number of anilines is 1. The van der Waals surface area contributed by atoms with E-state index in [4.69, 9.17) is 0 Å². The van der Waals surface area contributed by atoms with Crippen LogP contribution in [0.5, 0.6) is 0 Å². The first kappa shape index (κ1) is 16.6. The van der Waals surface area contributed by atoms with Gasteiger partial charge < -0.3 is 15.0 Å². The molecule has 7 heteroatoms. The van der Waals surface area contributed by atoms with E-state index in [1.807, 2.05) is 14.1 Å². The molecule has 0 aliphatic heterocycles. The highest BCUT2D eigenvalue weighted by Gasteiger charge is 2.21. The summed E-state index contributed by atoms with van der Waals surface area (Å²) in [6.45, 7) is 3.21. The van der Waals surface area contributed by atoms with Crippen LogP contribution in [0.25, 0.3) is 0 Å². The van der Waals surface area contributed by atoms with E-state index in [0.29, 0.717) is 10.0 Å². The lowest BCUT2D eigenvalue weighted by Crippen LogP contribution is -2.14. The molecule has 0 bridgehead atoms. The van der Waals surface area contributed by atoms with Gasteiger partial charge >= 0.3 is 5.97 Å². The van der Waals surface area contributed by atoms with Crippen LogP contribution >= 0.6 is 11.3 Å². The minimum Gasteiger partial charge on any atom is -0.464 e. The van der Waals surface area contributed by atoms with E-state index in [9.17, 15) is 9.59 Å². The number of ether oxygens (including phenoxy) is 1. The number of hydrogen-bond donors (Lipinski definition) is 1. The highest BCUT2D eigenvalue weighted by atomic mass is 32.1. The largest absolute Gasteiger partial charge is 0.464 e. The molecule has 1 heterocycles. The van der Waals surface area contributed by atoms with E-state index in [1.165, 1.54) is 25.4 Å². The van der Waals surface area contributed by atoms with Gasteiger partial charge in [0.2, 0.25) is 0 Å². The maximum Gasteiger partial charge on any atom is 0.358 e. The highest BCUT2D eigenvalue weighted by molar-refractivity contribution is 7.17.